The van der Waals surface area contributed by atoms with E-state index in [0.29, 0.717) is 12.1 Å². The van der Waals surface area contributed by atoms with Crippen molar-refractivity contribution in [3.05, 3.63) is 41.6 Å². The number of unbranched alkanes of at least 4 members (excludes halogenated alkanes) is 1. The Morgan fingerprint density at radius 1 is 1.45 bits per heavy atom. The largest absolute Gasteiger partial charge is 0.382 e. The van der Waals surface area contributed by atoms with Gasteiger partial charge in [-0.15, -0.1) is 0 Å². The molecule has 0 bridgehead atoms. The standard InChI is InChI=1S/C13H16ClN5O/c14-11-7-10(8-18-12(11)15)13(20)17-3-1-2-5-19-6-4-16-9-19/h4,6-9H,1-3,5H2,(H2,15,18)(H,17,20). The minimum atomic E-state index is -0.193. The van der Waals surface area contributed by atoms with E-state index in [1.807, 2.05) is 10.8 Å². The van der Waals surface area contributed by atoms with Crippen LogP contribution >= 0.6 is 11.6 Å². The van der Waals surface area contributed by atoms with E-state index in [-0.39, 0.29) is 16.7 Å². The zero-order valence-corrected chi connectivity index (χ0v) is 11.7. The number of nitrogen functional groups attached to an aromatic ring is 1. The number of halogens is 1. The molecular weight excluding hydrogens is 278 g/mol. The predicted molar refractivity (Wildman–Crippen MR) is 77.5 cm³/mol. The quantitative estimate of drug-likeness (QED) is 0.794. The number of pyridine rings is 1. The van der Waals surface area contributed by atoms with Gasteiger partial charge in [-0.3, -0.25) is 4.79 Å². The number of imidazole rings is 1. The van der Waals surface area contributed by atoms with Crippen LogP contribution in [-0.4, -0.2) is 27.0 Å². The van der Waals surface area contributed by atoms with Crippen molar-refractivity contribution < 1.29 is 4.79 Å². The maximum absolute atomic E-state index is 11.8. The highest BCUT2D eigenvalue weighted by Crippen LogP contribution is 2.16. The van der Waals surface area contributed by atoms with Crippen LogP contribution < -0.4 is 11.1 Å². The van der Waals surface area contributed by atoms with E-state index in [1.165, 1.54) is 12.3 Å². The average Bonchev–Trinajstić information content (AvgIpc) is 2.94. The molecule has 2 rings (SSSR count). The smallest absolute Gasteiger partial charge is 0.252 e. The second-order valence-electron chi connectivity index (χ2n) is 4.35. The molecule has 0 aliphatic heterocycles. The van der Waals surface area contributed by atoms with Gasteiger partial charge in [-0.2, -0.15) is 0 Å². The van der Waals surface area contributed by atoms with E-state index >= 15 is 0 Å². The minimum Gasteiger partial charge on any atom is -0.382 e. The molecule has 1 amide bonds. The average molecular weight is 294 g/mol. The molecule has 3 N–H and O–H groups in total. The number of amides is 1. The Morgan fingerprint density at radius 2 is 2.30 bits per heavy atom. The summed E-state index contributed by atoms with van der Waals surface area (Å²) in [4.78, 5) is 19.7. The number of anilines is 1. The monoisotopic (exact) mass is 293 g/mol. The van der Waals surface area contributed by atoms with Crippen molar-refractivity contribution in [3.8, 4) is 0 Å². The predicted octanol–water partition coefficient (Wildman–Crippen LogP) is 1.72. The highest BCUT2D eigenvalue weighted by Gasteiger charge is 2.07. The number of carbonyl (C=O) groups excluding carboxylic acids is 1. The first-order chi connectivity index (χ1) is 9.66. The molecule has 2 heterocycles. The molecule has 0 spiro atoms. The molecule has 7 heteroatoms. The Kier molecular flexibility index (Phi) is 4.95. The fourth-order valence-electron chi connectivity index (χ4n) is 1.72. The van der Waals surface area contributed by atoms with Crippen molar-refractivity contribution >= 4 is 23.3 Å². The maximum Gasteiger partial charge on any atom is 0.252 e. The van der Waals surface area contributed by atoms with Crippen molar-refractivity contribution in [2.75, 3.05) is 12.3 Å². The zero-order chi connectivity index (χ0) is 14.4. The SMILES string of the molecule is Nc1ncc(C(=O)NCCCCn2ccnc2)cc1Cl. The molecular formula is C13H16ClN5O. The number of carbonyl (C=O) groups is 1. The molecule has 6 nitrogen and oxygen atoms in total. The number of rotatable bonds is 6. The second kappa shape index (κ2) is 6.91. The summed E-state index contributed by atoms with van der Waals surface area (Å²) in [6, 6.07) is 1.52. The second-order valence-corrected chi connectivity index (χ2v) is 4.76. The summed E-state index contributed by atoms with van der Waals surface area (Å²) in [6.07, 6.45) is 8.72. The van der Waals surface area contributed by atoms with Crippen LogP contribution in [0.5, 0.6) is 0 Å². The lowest BCUT2D eigenvalue weighted by atomic mass is 10.2. The molecule has 0 atom stereocenters. The van der Waals surface area contributed by atoms with Crippen LogP contribution in [0.1, 0.15) is 23.2 Å². The molecule has 0 saturated carbocycles. The Balaban J connectivity index is 1.70. The lowest BCUT2D eigenvalue weighted by molar-refractivity contribution is 0.0952. The molecule has 0 unspecified atom stereocenters. The number of nitrogens with zero attached hydrogens (tertiary/aromatic N) is 3. The summed E-state index contributed by atoms with van der Waals surface area (Å²) in [5.41, 5.74) is 5.91. The lowest BCUT2D eigenvalue weighted by Crippen LogP contribution is -2.24. The molecule has 2 aromatic heterocycles. The number of nitrogens with one attached hydrogen (secondary N) is 1. The first-order valence-corrected chi connectivity index (χ1v) is 6.69. The lowest BCUT2D eigenvalue weighted by Gasteiger charge is -2.06. The van der Waals surface area contributed by atoms with Gasteiger partial charge in [-0.25, -0.2) is 9.97 Å². The normalized spacial score (nSPS) is 10.4. The van der Waals surface area contributed by atoms with Gasteiger partial charge in [0.1, 0.15) is 5.82 Å². The number of aryl methyl sites for hydroxylation is 1. The molecule has 106 valence electrons. The summed E-state index contributed by atoms with van der Waals surface area (Å²) >= 11 is 5.82. The van der Waals surface area contributed by atoms with Crippen LogP contribution in [-0.2, 0) is 6.54 Å². The first-order valence-electron chi connectivity index (χ1n) is 6.32. The third kappa shape index (κ3) is 3.96. The van der Waals surface area contributed by atoms with Crippen molar-refractivity contribution in [3.63, 3.8) is 0 Å². The van der Waals surface area contributed by atoms with E-state index in [1.54, 1.807) is 12.5 Å². The van der Waals surface area contributed by atoms with Gasteiger partial charge in [0.2, 0.25) is 0 Å². The summed E-state index contributed by atoms with van der Waals surface area (Å²) in [5, 5.41) is 3.11. The van der Waals surface area contributed by atoms with Gasteiger partial charge < -0.3 is 15.6 Å². The number of nitrogens with two attached hydrogens (primary N) is 1. The van der Waals surface area contributed by atoms with E-state index in [0.717, 1.165) is 19.4 Å². The molecule has 0 saturated heterocycles. The van der Waals surface area contributed by atoms with Crippen molar-refractivity contribution in [1.29, 1.82) is 0 Å². The maximum atomic E-state index is 11.8. The fourth-order valence-corrected chi connectivity index (χ4v) is 1.88. The van der Waals surface area contributed by atoms with Crippen molar-refractivity contribution in [1.82, 2.24) is 19.9 Å². The van der Waals surface area contributed by atoms with Crippen molar-refractivity contribution in [2.45, 2.75) is 19.4 Å². The van der Waals surface area contributed by atoms with E-state index in [4.69, 9.17) is 17.3 Å². The topological polar surface area (TPSA) is 85.8 Å². The fraction of sp³-hybridized carbons (Fsp3) is 0.308. The molecule has 2 aromatic rings. The Bertz CT molecular complexity index is 570. The van der Waals surface area contributed by atoms with Crippen LogP contribution in [0.3, 0.4) is 0 Å². The highest BCUT2D eigenvalue weighted by molar-refractivity contribution is 6.33. The third-order valence-electron chi connectivity index (χ3n) is 2.82. The highest BCUT2D eigenvalue weighted by atomic mass is 35.5. The number of hydrogen-bond donors (Lipinski definition) is 2. The van der Waals surface area contributed by atoms with Gasteiger partial charge in [0, 0.05) is 31.7 Å². The van der Waals surface area contributed by atoms with Crippen LogP contribution in [0.2, 0.25) is 5.02 Å². The Morgan fingerprint density at radius 3 is 3.00 bits per heavy atom. The molecule has 0 aliphatic rings. The van der Waals surface area contributed by atoms with E-state index in [9.17, 15) is 4.79 Å². The summed E-state index contributed by atoms with van der Waals surface area (Å²) in [7, 11) is 0. The van der Waals surface area contributed by atoms with Gasteiger partial charge >= 0.3 is 0 Å². The van der Waals surface area contributed by atoms with Gasteiger partial charge in [0.15, 0.2) is 0 Å². The Labute approximate surface area is 122 Å². The Hall–Kier alpha value is -2.08. The summed E-state index contributed by atoms with van der Waals surface area (Å²) in [6.45, 7) is 1.50. The van der Waals surface area contributed by atoms with Crippen LogP contribution in [0.25, 0.3) is 0 Å². The van der Waals surface area contributed by atoms with E-state index in [2.05, 4.69) is 15.3 Å². The van der Waals surface area contributed by atoms with Crippen molar-refractivity contribution in [2.24, 2.45) is 0 Å². The van der Waals surface area contributed by atoms with Gasteiger partial charge in [0.25, 0.3) is 5.91 Å². The van der Waals surface area contributed by atoms with Crippen LogP contribution in [0.15, 0.2) is 31.0 Å². The van der Waals surface area contributed by atoms with Gasteiger partial charge in [0.05, 0.1) is 16.9 Å². The third-order valence-corrected chi connectivity index (χ3v) is 3.12. The molecule has 0 radical (unpaired) electrons. The van der Waals surface area contributed by atoms with Gasteiger partial charge in [-0.1, -0.05) is 11.6 Å². The molecule has 0 aliphatic carbocycles. The first kappa shape index (κ1) is 14.3. The van der Waals surface area contributed by atoms with Crippen LogP contribution in [0.4, 0.5) is 5.82 Å². The number of hydrogen-bond acceptors (Lipinski definition) is 4. The zero-order valence-electron chi connectivity index (χ0n) is 10.9. The summed E-state index contributed by atoms with van der Waals surface area (Å²) < 4.78 is 2.01. The molecule has 0 fully saturated rings. The summed E-state index contributed by atoms with van der Waals surface area (Å²) in [5.74, 6) is 0.0329. The van der Waals surface area contributed by atoms with E-state index < -0.39 is 0 Å². The van der Waals surface area contributed by atoms with Crippen LogP contribution in [0, 0.1) is 0 Å². The van der Waals surface area contributed by atoms with Gasteiger partial charge in [-0.05, 0) is 18.9 Å². The number of aromatic nitrogens is 3. The molecule has 20 heavy (non-hydrogen) atoms. The molecule has 0 aromatic carbocycles. The minimum absolute atomic E-state index is 0.193.